The van der Waals surface area contributed by atoms with Crippen LogP contribution < -0.4 is 10.6 Å². The quantitative estimate of drug-likeness (QED) is 0.266. The standard InChI is InChI=1S/C17H18IN3O5/c18-5-7-26-8-6-19-10-1-2-11-12(9-10)17(25)21(16(11)24)13-3-4-14(22)20-15(13)23/h1-2,9,13,19H,3-8H2,(H,20,22,23). The fraction of sp³-hybridized carbons (Fsp3) is 0.412. The highest BCUT2D eigenvalue weighted by Gasteiger charge is 2.44. The Bertz CT molecular complexity index is 767. The van der Waals surface area contributed by atoms with Crippen molar-refractivity contribution in [2.75, 3.05) is 29.5 Å². The Balaban J connectivity index is 1.71. The van der Waals surface area contributed by atoms with E-state index in [1.165, 1.54) is 0 Å². The number of nitrogens with zero attached hydrogens (tertiary/aromatic N) is 1. The summed E-state index contributed by atoms with van der Waals surface area (Å²) < 4.78 is 6.30. The second-order valence-electron chi connectivity index (χ2n) is 5.94. The summed E-state index contributed by atoms with van der Waals surface area (Å²) in [6.07, 6.45) is 0.253. The molecule has 0 aliphatic carbocycles. The zero-order chi connectivity index (χ0) is 18.7. The molecule has 3 rings (SSSR count). The number of ether oxygens (including phenoxy) is 1. The minimum Gasteiger partial charge on any atom is -0.383 e. The lowest BCUT2D eigenvalue weighted by atomic mass is 10.0. The predicted octanol–water partition coefficient (Wildman–Crippen LogP) is 0.951. The van der Waals surface area contributed by atoms with Gasteiger partial charge >= 0.3 is 0 Å². The normalized spacial score (nSPS) is 19.6. The first-order valence-corrected chi connectivity index (χ1v) is 9.78. The zero-order valence-corrected chi connectivity index (χ0v) is 16.1. The number of carbonyl (C=O) groups is 4. The number of nitrogens with one attached hydrogen (secondary N) is 2. The van der Waals surface area contributed by atoms with E-state index in [4.69, 9.17) is 4.74 Å². The molecule has 1 fully saturated rings. The van der Waals surface area contributed by atoms with Crippen molar-refractivity contribution in [2.24, 2.45) is 0 Å². The van der Waals surface area contributed by atoms with Crippen LogP contribution in [0.15, 0.2) is 18.2 Å². The number of carbonyl (C=O) groups excluding carboxylic acids is 4. The average molecular weight is 471 g/mol. The third-order valence-corrected chi connectivity index (χ3v) is 4.68. The molecule has 0 spiro atoms. The molecule has 26 heavy (non-hydrogen) atoms. The van der Waals surface area contributed by atoms with Crippen molar-refractivity contribution in [3.8, 4) is 0 Å². The van der Waals surface area contributed by atoms with Gasteiger partial charge in [-0.1, -0.05) is 22.6 Å². The number of amides is 4. The van der Waals surface area contributed by atoms with Crippen LogP contribution in [-0.4, -0.2) is 58.8 Å². The lowest BCUT2D eigenvalue weighted by Gasteiger charge is -2.27. The zero-order valence-electron chi connectivity index (χ0n) is 13.9. The van der Waals surface area contributed by atoms with E-state index in [0.717, 1.165) is 9.33 Å². The molecule has 0 aromatic heterocycles. The number of benzene rings is 1. The first-order valence-electron chi connectivity index (χ1n) is 8.26. The number of halogens is 1. The third-order valence-electron chi connectivity index (χ3n) is 4.24. The van der Waals surface area contributed by atoms with Gasteiger partial charge in [-0.25, -0.2) is 0 Å². The van der Waals surface area contributed by atoms with Crippen LogP contribution in [-0.2, 0) is 14.3 Å². The number of imide groups is 2. The van der Waals surface area contributed by atoms with E-state index >= 15 is 0 Å². The van der Waals surface area contributed by atoms with Gasteiger partial charge in [-0.05, 0) is 24.6 Å². The molecule has 8 nitrogen and oxygen atoms in total. The maximum absolute atomic E-state index is 12.7. The Morgan fingerprint density at radius 2 is 1.92 bits per heavy atom. The Morgan fingerprint density at radius 3 is 2.65 bits per heavy atom. The molecule has 1 atom stereocenters. The van der Waals surface area contributed by atoms with Gasteiger partial charge in [0.05, 0.1) is 24.3 Å². The molecular formula is C17H18IN3O5. The smallest absolute Gasteiger partial charge is 0.262 e. The lowest BCUT2D eigenvalue weighted by molar-refractivity contribution is -0.136. The highest BCUT2D eigenvalue weighted by atomic mass is 127. The Labute approximate surface area is 163 Å². The van der Waals surface area contributed by atoms with E-state index in [1.54, 1.807) is 18.2 Å². The molecule has 1 aromatic carbocycles. The minimum absolute atomic E-state index is 0.105. The van der Waals surface area contributed by atoms with Crippen molar-refractivity contribution in [3.63, 3.8) is 0 Å². The largest absolute Gasteiger partial charge is 0.383 e. The van der Waals surface area contributed by atoms with Gasteiger partial charge in [0, 0.05) is 23.1 Å². The molecule has 0 bridgehead atoms. The van der Waals surface area contributed by atoms with Crippen LogP contribution in [0.5, 0.6) is 0 Å². The van der Waals surface area contributed by atoms with Gasteiger partial charge in [-0.2, -0.15) is 0 Å². The summed E-state index contributed by atoms with van der Waals surface area (Å²) in [7, 11) is 0. The van der Waals surface area contributed by atoms with Crippen molar-refractivity contribution in [1.29, 1.82) is 0 Å². The second kappa shape index (κ2) is 8.12. The SMILES string of the molecule is O=C1CCC(N2C(=O)c3ccc(NCCOCCI)cc3C2=O)C(=O)N1. The van der Waals surface area contributed by atoms with Crippen molar-refractivity contribution >= 4 is 51.9 Å². The summed E-state index contributed by atoms with van der Waals surface area (Å²) >= 11 is 2.23. The van der Waals surface area contributed by atoms with E-state index in [1.807, 2.05) is 0 Å². The number of alkyl halides is 1. The van der Waals surface area contributed by atoms with Crippen LogP contribution in [0.1, 0.15) is 33.6 Å². The molecule has 1 unspecified atom stereocenters. The summed E-state index contributed by atoms with van der Waals surface area (Å²) in [5.74, 6) is -2.01. The van der Waals surface area contributed by atoms with Crippen molar-refractivity contribution in [1.82, 2.24) is 10.2 Å². The molecule has 4 amide bonds. The minimum atomic E-state index is -0.946. The monoisotopic (exact) mass is 471 g/mol. The molecular weight excluding hydrogens is 453 g/mol. The molecule has 2 aliphatic heterocycles. The first-order chi connectivity index (χ1) is 12.5. The highest BCUT2D eigenvalue weighted by Crippen LogP contribution is 2.29. The number of fused-ring (bicyclic) bond motifs is 1. The molecule has 2 heterocycles. The molecule has 2 aliphatic rings. The summed E-state index contributed by atoms with van der Waals surface area (Å²) in [5.41, 5.74) is 1.23. The molecule has 0 radical (unpaired) electrons. The molecule has 1 saturated heterocycles. The predicted molar refractivity (Wildman–Crippen MR) is 101 cm³/mol. The van der Waals surface area contributed by atoms with Gasteiger partial charge in [0.2, 0.25) is 11.8 Å². The molecule has 9 heteroatoms. The molecule has 2 N–H and O–H groups in total. The maximum atomic E-state index is 12.7. The first kappa shape index (κ1) is 18.8. The van der Waals surface area contributed by atoms with Gasteiger partial charge in [-0.15, -0.1) is 0 Å². The summed E-state index contributed by atoms with van der Waals surface area (Å²) in [6, 6.07) is 3.96. The van der Waals surface area contributed by atoms with Gasteiger partial charge in [-0.3, -0.25) is 29.4 Å². The van der Waals surface area contributed by atoms with Crippen LogP contribution in [0.3, 0.4) is 0 Å². The van der Waals surface area contributed by atoms with Crippen LogP contribution in [0, 0.1) is 0 Å². The maximum Gasteiger partial charge on any atom is 0.262 e. The van der Waals surface area contributed by atoms with Gasteiger partial charge < -0.3 is 10.1 Å². The van der Waals surface area contributed by atoms with E-state index in [0.29, 0.717) is 25.4 Å². The fourth-order valence-electron chi connectivity index (χ4n) is 3.01. The van der Waals surface area contributed by atoms with E-state index in [2.05, 4.69) is 33.2 Å². The lowest BCUT2D eigenvalue weighted by Crippen LogP contribution is -2.54. The number of rotatable bonds is 7. The highest BCUT2D eigenvalue weighted by molar-refractivity contribution is 14.1. The van der Waals surface area contributed by atoms with Crippen molar-refractivity contribution in [3.05, 3.63) is 29.3 Å². The molecule has 1 aromatic rings. The Morgan fingerprint density at radius 1 is 1.15 bits per heavy atom. The second-order valence-corrected chi connectivity index (χ2v) is 7.01. The number of piperidine rings is 1. The average Bonchev–Trinajstić information content (AvgIpc) is 2.86. The van der Waals surface area contributed by atoms with Crippen LogP contribution >= 0.6 is 22.6 Å². The Kier molecular flexibility index (Phi) is 5.87. The van der Waals surface area contributed by atoms with Crippen LogP contribution in [0.2, 0.25) is 0 Å². The fourth-order valence-corrected chi connectivity index (χ4v) is 3.32. The van der Waals surface area contributed by atoms with E-state index < -0.39 is 23.8 Å². The van der Waals surface area contributed by atoms with E-state index in [9.17, 15) is 19.2 Å². The third kappa shape index (κ3) is 3.73. The van der Waals surface area contributed by atoms with Crippen molar-refractivity contribution < 1.29 is 23.9 Å². The molecule has 138 valence electrons. The number of hydrogen-bond acceptors (Lipinski definition) is 6. The van der Waals surface area contributed by atoms with Crippen molar-refractivity contribution in [2.45, 2.75) is 18.9 Å². The van der Waals surface area contributed by atoms with Crippen LogP contribution in [0.25, 0.3) is 0 Å². The van der Waals surface area contributed by atoms with E-state index in [-0.39, 0.29) is 29.9 Å². The van der Waals surface area contributed by atoms with Crippen LogP contribution in [0.4, 0.5) is 5.69 Å². The number of hydrogen-bond donors (Lipinski definition) is 2. The summed E-state index contributed by atoms with van der Waals surface area (Å²) in [4.78, 5) is 49.5. The van der Waals surface area contributed by atoms with Gasteiger partial charge in [0.25, 0.3) is 11.8 Å². The molecule has 0 saturated carbocycles. The van der Waals surface area contributed by atoms with Gasteiger partial charge in [0.1, 0.15) is 6.04 Å². The Hall–Kier alpha value is -2.01. The number of anilines is 1. The van der Waals surface area contributed by atoms with Gasteiger partial charge in [0.15, 0.2) is 0 Å². The summed E-state index contributed by atoms with van der Waals surface area (Å²) in [5, 5.41) is 5.32. The summed E-state index contributed by atoms with van der Waals surface area (Å²) in [6.45, 7) is 1.80. The topological polar surface area (TPSA) is 105 Å².